The van der Waals surface area contributed by atoms with Crippen molar-refractivity contribution in [2.75, 3.05) is 6.61 Å². The first-order valence-corrected chi connectivity index (χ1v) is 9.89. The maximum absolute atomic E-state index is 12.7. The van der Waals surface area contributed by atoms with Gasteiger partial charge in [-0.3, -0.25) is 4.79 Å². The van der Waals surface area contributed by atoms with E-state index in [1.54, 1.807) is 35.6 Å². The number of rotatable bonds is 5. The van der Waals surface area contributed by atoms with Gasteiger partial charge in [0.1, 0.15) is 0 Å². The Hall–Kier alpha value is -3.06. The van der Waals surface area contributed by atoms with Crippen molar-refractivity contribution in [3.8, 4) is 0 Å². The lowest BCUT2D eigenvalue weighted by Gasteiger charge is -2.13. The molecule has 0 aliphatic carbocycles. The highest BCUT2D eigenvalue weighted by atomic mass is 32.1. The van der Waals surface area contributed by atoms with E-state index in [0.717, 1.165) is 15.2 Å². The zero-order valence-electron chi connectivity index (χ0n) is 15.6. The van der Waals surface area contributed by atoms with E-state index in [1.165, 1.54) is 4.68 Å². The maximum atomic E-state index is 12.7. The number of nitrogens with zero attached hydrogens (tertiary/aromatic N) is 3. The van der Waals surface area contributed by atoms with Crippen molar-refractivity contribution < 1.29 is 9.53 Å². The quantitative estimate of drug-likeness (QED) is 0.479. The SMILES string of the molecule is CC(C)n1nc(C(=O)OCCc2nc3ccccc3s2)c2ccccc2c1=O. The maximum Gasteiger partial charge on any atom is 0.359 e. The van der Waals surface area contributed by atoms with Crippen molar-refractivity contribution in [2.24, 2.45) is 0 Å². The fraction of sp³-hybridized carbons (Fsp3) is 0.238. The normalized spacial score (nSPS) is 11.4. The molecular formula is C21H19N3O3S. The van der Waals surface area contributed by atoms with E-state index in [4.69, 9.17) is 4.74 Å². The second-order valence-corrected chi connectivity index (χ2v) is 7.81. The smallest absolute Gasteiger partial charge is 0.359 e. The summed E-state index contributed by atoms with van der Waals surface area (Å²) >= 11 is 1.59. The molecule has 4 aromatic rings. The number of fused-ring (bicyclic) bond motifs is 2. The summed E-state index contributed by atoms with van der Waals surface area (Å²) in [5.74, 6) is -0.535. The summed E-state index contributed by atoms with van der Waals surface area (Å²) in [5, 5.41) is 6.16. The molecule has 7 heteroatoms. The second-order valence-electron chi connectivity index (χ2n) is 6.70. The molecule has 6 nitrogen and oxygen atoms in total. The molecule has 0 radical (unpaired) electrons. The molecule has 0 saturated carbocycles. The third kappa shape index (κ3) is 3.41. The highest BCUT2D eigenvalue weighted by Crippen LogP contribution is 2.22. The van der Waals surface area contributed by atoms with E-state index in [9.17, 15) is 9.59 Å². The summed E-state index contributed by atoms with van der Waals surface area (Å²) in [7, 11) is 0. The Bertz CT molecular complexity index is 1190. The van der Waals surface area contributed by atoms with Gasteiger partial charge in [0.15, 0.2) is 5.69 Å². The summed E-state index contributed by atoms with van der Waals surface area (Å²) in [5.41, 5.74) is 0.898. The molecule has 0 N–H and O–H groups in total. The van der Waals surface area contributed by atoms with Crippen molar-refractivity contribution in [1.82, 2.24) is 14.8 Å². The Kier molecular flexibility index (Phi) is 4.92. The lowest BCUT2D eigenvalue weighted by molar-refractivity contribution is 0.0501. The van der Waals surface area contributed by atoms with Gasteiger partial charge in [-0.25, -0.2) is 14.5 Å². The van der Waals surface area contributed by atoms with Crippen LogP contribution in [0, 0.1) is 0 Å². The average Bonchev–Trinajstić information content (AvgIpc) is 3.11. The molecule has 0 amide bonds. The van der Waals surface area contributed by atoms with Crippen LogP contribution < -0.4 is 5.56 Å². The molecule has 4 rings (SSSR count). The number of para-hydroxylation sites is 1. The van der Waals surface area contributed by atoms with Gasteiger partial charge in [0.25, 0.3) is 5.56 Å². The van der Waals surface area contributed by atoms with Gasteiger partial charge in [0.2, 0.25) is 0 Å². The summed E-state index contributed by atoms with van der Waals surface area (Å²) in [4.78, 5) is 29.8. The number of thiazole rings is 1. The molecule has 2 aromatic carbocycles. The van der Waals surface area contributed by atoms with Crippen molar-refractivity contribution in [1.29, 1.82) is 0 Å². The van der Waals surface area contributed by atoms with Crippen LogP contribution in [0.25, 0.3) is 21.0 Å². The lowest BCUT2D eigenvalue weighted by Crippen LogP contribution is -2.28. The zero-order valence-corrected chi connectivity index (χ0v) is 16.4. The minimum atomic E-state index is -0.535. The Morgan fingerprint density at radius 1 is 1.11 bits per heavy atom. The molecule has 0 fully saturated rings. The van der Waals surface area contributed by atoms with E-state index in [0.29, 0.717) is 17.2 Å². The van der Waals surface area contributed by atoms with Crippen LogP contribution in [0.4, 0.5) is 0 Å². The topological polar surface area (TPSA) is 74.1 Å². The monoisotopic (exact) mass is 393 g/mol. The summed E-state index contributed by atoms with van der Waals surface area (Å²) < 4.78 is 7.90. The number of esters is 1. The van der Waals surface area contributed by atoms with E-state index in [1.807, 2.05) is 38.1 Å². The van der Waals surface area contributed by atoms with Gasteiger partial charge in [-0.05, 0) is 32.0 Å². The fourth-order valence-corrected chi connectivity index (χ4v) is 3.98. The van der Waals surface area contributed by atoms with Crippen LogP contribution in [-0.4, -0.2) is 27.3 Å². The molecular weight excluding hydrogens is 374 g/mol. The van der Waals surface area contributed by atoms with Gasteiger partial charge < -0.3 is 4.74 Å². The first kappa shape index (κ1) is 18.3. The molecule has 0 aliphatic rings. The molecule has 0 spiro atoms. The van der Waals surface area contributed by atoms with Gasteiger partial charge in [0, 0.05) is 11.8 Å². The number of hydrogen-bond acceptors (Lipinski definition) is 6. The standard InChI is InChI=1S/C21H19N3O3S/c1-13(2)24-20(25)15-8-4-3-7-14(15)19(23-24)21(26)27-12-11-18-22-16-9-5-6-10-17(16)28-18/h3-10,13H,11-12H2,1-2H3. The molecule has 2 aromatic heterocycles. The van der Waals surface area contributed by atoms with E-state index in [2.05, 4.69) is 10.1 Å². The van der Waals surface area contributed by atoms with E-state index >= 15 is 0 Å². The Balaban J connectivity index is 1.56. The molecule has 28 heavy (non-hydrogen) atoms. The van der Waals surface area contributed by atoms with Crippen LogP contribution in [0.5, 0.6) is 0 Å². The molecule has 2 heterocycles. The number of ether oxygens (including phenoxy) is 1. The summed E-state index contributed by atoms with van der Waals surface area (Å²) in [6.45, 7) is 3.91. The first-order valence-electron chi connectivity index (χ1n) is 9.07. The van der Waals surface area contributed by atoms with Crippen molar-refractivity contribution in [3.05, 3.63) is 69.6 Å². The van der Waals surface area contributed by atoms with Gasteiger partial charge in [0.05, 0.1) is 33.3 Å². The van der Waals surface area contributed by atoms with E-state index < -0.39 is 5.97 Å². The van der Waals surface area contributed by atoms with Crippen molar-refractivity contribution >= 4 is 38.3 Å². The predicted octanol–water partition coefficient (Wildman–Crippen LogP) is 3.99. The van der Waals surface area contributed by atoms with Crippen molar-refractivity contribution in [3.63, 3.8) is 0 Å². The van der Waals surface area contributed by atoms with Gasteiger partial charge in [-0.1, -0.05) is 30.3 Å². The lowest BCUT2D eigenvalue weighted by atomic mass is 10.1. The molecule has 0 aliphatic heterocycles. The fourth-order valence-electron chi connectivity index (χ4n) is 3.03. The minimum Gasteiger partial charge on any atom is -0.460 e. The van der Waals surface area contributed by atoms with Crippen molar-refractivity contribution in [2.45, 2.75) is 26.3 Å². The Labute approximate surface area is 165 Å². The number of aromatic nitrogens is 3. The first-order chi connectivity index (χ1) is 13.5. The molecule has 0 saturated heterocycles. The third-order valence-electron chi connectivity index (χ3n) is 4.40. The van der Waals surface area contributed by atoms with Crippen LogP contribution in [0.1, 0.15) is 35.4 Å². The van der Waals surface area contributed by atoms with Gasteiger partial charge >= 0.3 is 5.97 Å². The third-order valence-corrected chi connectivity index (χ3v) is 5.49. The number of carbonyl (C=O) groups is 1. The molecule has 142 valence electrons. The van der Waals surface area contributed by atoms with Crippen LogP contribution in [-0.2, 0) is 11.2 Å². The van der Waals surface area contributed by atoms with Gasteiger partial charge in [-0.15, -0.1) is 11.3 Å². The number of benzene rings is 2. The minimum absolute atomic E-state index is 0.160. The Morgan fingerprint density at radius 3 is 2.57 bits per heavy atom. The van der Waals surface area contributed by atoms with E-state index in [-0.39, 0.29) is 23.9 Å². The molecule has 0 unspecified atom stereocenters. The molecule has 0 bridgehead atoms. The largest absolute Gasteiger partial charge is 0.460 e. The average molecular weight is 393 g/mol. The summed E-state index contributed by atoms with van der Waals surface area (Å²) in [6, 6.07) is 14.7. The number of carbonyl (C=O) groups excluding carboxylic acids is 1. The van der Waals surface area contributed by atoms with Gasteiger partial charge in [-0.2, -0.15) is 5.10 Å². The Morgan fingerprint density at radius 2 is 1.82 bits per heavy atom. The second kappa shape index (κ2) is 7.52. The predicted molar refractivity (Wildman–Crippen MR) is 110 cm³/mol. The zero-order chi connectivity index (χ0) is 19.7. The highest BCUT2D eigenvalue weighted by Gasteiger charge is 2.19. The number of hydrogen-bond donors (Lipinski definition) is 0. The van der Waals surface area contributed by atoms with Crippen LogP contribution >= 0.6 is 11.3 Å². The van der Waals surface area contributed by atoms with Crippen LogP contribution in [0.2, 0.25) is 0 Å². The summed E-state index contributed by atoms with van der Waals surface area (Å²) in [6.07, 6.45) is 0.535. The van der Waals surface area contributed by atoms with Crippen LogP contribution in [0.3, 0.4) is 0 Å². The highest BCUT2D eigenvalue weighted by molar-refractivity contribution is 7.18. The molecule has 0 atom stereocenters. The van der Waals surface area contributed by atoms with Crippen LogP contribution in [0.15, 0.2) is 53.3 Å².